The monoisotopic (exact) mass is 492 g/mol. The smallest absolute Gasteiger partial charge is 0.276 e. The quantitative estimate of drug-likeness (QED) is 0.233. The van der Waals surface area contributed by atoms with Gasteiger partial charge in [-0.2, -0.15) is 5.10 Å². The molecule has 4 aromatic rings. The first-order chi connectivity index (χ1) is 16.7. The van der Waals surface area contributed by atoms with Crippen LogP contribution in [0.15, 0.2) is 72.9 Å². The number of amides is 1. The summed E-state index contributed by atoms with van der Waals surface area (Å²) in [4.78, 5) is 23.6. The van der Waals surface area contributed by atoms with E-state index in [9.17, 15) is 14.9 Å². The van der Waals surface area contributed by atoms with Crippen LogP contribution in [-0.2, 0) is 6.73 Å². The highest BCUT2D eigenvalue weighted by molar-refractivity contribution is 6.30. The van der Waals surface area contributed by atoms with Gasteiger partial charge >= 0.3 is 0 Å². The van der Waals surface area contributed by atoms with E-state index >= 15 is 0 Å². The molecule has 1 amide bonds. The molecular formula is C25H21ClN4O5. The Balaban J connectivity index is 1.48. The number of aryl methyl sites for hydroxylation is 2. The molecule has 3 aromatic carbocycles. The van der Waals surface area contributed by atoms with Crippen LogP contribution < -0.4 is 14.8 Å². The summed E-state index contributed by atoms with van der Waals surface area (Å²) >= 11 is 5.94. The second-order valence-electron chi connectivity index (χ2n) is 7.82. The minimum Gasteiger partial charge on any atom is -0.471 e. The summed E-state index contributed by atoms with van der Waals surface area (Å²) < 4.78 is 12.9. The highest BCUT2D eigenvalue weighted by Gasteiger charge is 2.16. The van der Waals surface area contributed by atoms with E-state index in [2.05, 4.69) is 10.4 Å². The topological polar surface area (TPSA) is 109 Å². The summed E-state index contributed by atoms with van der Waals surface area (Å²) in [7, 11) is 0. The van der Waals surface area contributed by atoms with Crippen LogP contribution in [0.5, 0.6) is 17.2 Å². The first kappa shape index (κ1) is 23.8. The average molecular weight is 493 g/mol. The van der Waals surface area contributed by atoms with Crippen molar-refractivity contribution in [2.45, 2.75) is 20.6 Å². The Morgan fingerprint density at radius 1 is 1.03 bits per heavy atom. The summed E-state index contributed by atoms with van der Waals surface area (Å²) in [5.41, 5.74) is 2.08. The molecule has 0 aliphatic carbocycles. The van der Waals surface area contributed by atoms with Crippen LogP contribution in [0.4, 0.5) is 11.4 Å². The lowest BCUT2D eigenvalue weighted by Gasteiger charge is -2.10. The van der Waals surface area contributed by atoms with Gasteiger partial charge in [-0.05, 0) is 61.4 Å². The summed E-state index contributed by atoms with van der Waals surface area (Å²) in [5, 5.41) is 18.8. The number of carbonyl (C=O) groups excluding carboxylic acids is 1. The molecular weight excluding hydrogens is 472 g/mol. The maximum absolute atomic E-state index is 12.7. The first-order valence-electron chi connectivity index (χ1n) is 10.5. The standard InChI is InChI=1S/C25H21ClN4O5/c1-16-8-17(2)10-22(9-16)35-23-13-19(12-20(14-23)30(32)33)27-25(31)24-6-7-29(28-24)15-34-21-5-3-4-18(26)11-21/h3-14H,15H2,1-2H3,(H,27,31). The van der Waals surface area contributed by atoms with Crippen molar-refractivity contribution in [3.05, 3.63) is 105 Å². The van der Waals surface area contributed by atoms with Crippen LogP contribution in [-0.4, -0.2) is 20.6 Å². The van der Waals surface area contributed by atoms with Crippen LogP contribution in [0, 0.1) is 24.0 Å². The zero-order valence-electron chi connectivity index (χ0n) is 18.9. The molecule has 0 fully saturated rings. The van der Waals surface area contributed by atoms with Crippen LogP contribution in [0.25, 0.3) is 0 Å². The van der Waals surface area contributed by atoms with Crippen LogP contribution in [0.3, 0.4) is 0 Å². The first-order valence-corrected chi connectivity index (χ1v) is 10.9. The number of hydrogen-bond donors (Lipinski definition) is 1. The molecule has 9 nitrogen and oxygen atoms in total. The number of non-ortho nitro benzene ring substituents is 1. The summed E-state index contributed by atoms with van der Waals surface area (Å²) in [6.07, 6.45) is 1.58. The maximum Gasteiger partial charge on any atom is 0.276 e. The molecule has 178 valence electrons. The van der Waals surface area contributed by atoms with Gasteiger partial charge in [-0.3, -0.25) is 14.9 Å². The predicted octanol–water partition coefficient (Wildman–Crippen LogP) is 6.14. The third-order valence-electron chi connectivity index (χ3n) is 4.82. The molecule has 35 heavy (non-hydrogen) atoms. The Bertz CT molecular complexity index is 1380. The van der Waals surface area contributed by atoms with E-state index in [1.165, 1.54) is 28.9 Å². The van der Waals surface area contributed by atoms with Gasteiger partial charge in [0.2, 0.25) is 0 Å². The molecule has 0 atom stereocenters. The van der Waals surface area contributed by atoms with E-state index in [4.69, 9.17) is 21.1 Å². The number of benzene rings is 3. The van der Waals surface area contributed by atoms with Gasteiger partial charge in [-0.1, -0.05) is 23.7 Å². The van der Waals surface area contributed by atoms with E-state index in [1.54, 1.807) is 30.5 Å². The van der Waals surface area contributed by atoms with E-state index in [-0.39, 0.29) is 29.5 Å². The highest BCUT2D eigenvalue weighted by Crippen LogP contribution is 2.31. The maximum atomic E-state index is 12.7. The second kappa shape index (κ2) is 10.3. The van der Waals surface area contributed by atoms with Crippen LogP contribution in [0.1, 0.15) is 21.6 Å². The lowest BCUT2D eigenvalue weighted by molar-refractivity contribution is -0.384. The number of rotatable bonds is 8. The van der Waals surface area contributed by atoms with E-state index in [1.807, 2.05) is 32.0 Å². The molecule has 0 saturated carbocycles. The Morgan fingerprint density at radius 2 is 1.77 bits per heavy atom. The normalized spacial score (nSPS) is 10.6. The fraction of sp³-hybridized carbons (Fsp3) is 0.120. The van der Waals surface area contributed by atoms with E-state index < -0.39 is 10.8 Å². The number of halogens is 1. The molecule has 0 saturated heterocycles. The lowest BCUT2D eigenvalue weighted by Crippen LogP contribution is -2.14. The number of nitrogens with one attached hydrogen (secondary N) is 1. The predicted molar refractivity (Wildman–Crippen MR) is 131 cm³/mol. The molecule has 10 heteroatoms. The van der Waals surface area contributed by atoms with Gasteiger partial charge in [0.05, 0.1) is 16.7 Å². The Kier molecular flexibility index (Phi) is 6.98. The van der Waals surface area contributed by atoms with Crippen molar-refractivity contribution in [2.75, 3.05) is 5.32 Å². The molecule has 0 aliphatic rings. The molecule has 0 spiro atoms. The number of anilines is 1. The number of nitrogens with zero attached hydrogens (tertiary/aromatic N) is 3. The van der Waals surface area contributed by atoms with Crippen LogP contribution >= 0.6 is 11.6 Å². The fourth-order valence-electron chi connectivity index (χ4n) is 3.40. The van der Waals surface area contributed by atoms with Crippen molar-refractivity contribution in [1.29, 1.82) is 0 Å². The second-order valence-corrected chi connectivity index (χ2v) is 8.26. The Morgan fingerprint density at radius 3 is 2.49 bits per heavy atom. The van der Waals surface area contributed by atoms with Crippen molar-refractivity contribution in [3.8, 4) is 17.2 Å². The molecule has 0 aliphatic heterocycles. The number of hydrogen-bond acceptors (Lipinski definition) is 6. The van der Waals surface area contributed by atoms with E-state index in [0.29, 0.717) is 16.5 Å². The van der Waals surface area contributed by atoms with Crippen LogP contribution in [0.2, 0.25) is 5.02 Å². The third kappa shape index (κ3) is 6.36. The summed E-state index contributed by atoms with van der Waals surface area (Å²) in [5.74, 6) is 0.787. The van der Waals surface area contributed by atoms with Gasteiger partial charge in [-0.25, -0.2) is 4.68 Å². The Hall–Kier alpha value is -4.37. The molecule has 1 heterocycles. The lowest BCUT2D eigenvalue weighted by atomic mass is 10.1. The van der Waals surface area contributed by atoms with Gasteiger partial charge in [-0.15, -0.1) is 0 Å². The number of carbonyl (C=O) groups is 1. The van der Waals surface area contributed by atoms with Crippen molar-refractivity contribution in [3.63, 3.8) is 0 Å². The molecule has 0 radical (unpaired) electrons. The third-order valence-corrected chi connectivity index (χ3v) is 5.06. The van der Waals surface area contributed by atoms with Gasteiger partial charge in [0, 0.05) is 23.4 Å². The van der Waals surface area contributed by atoms with Crippen molar-refractivity contribution in [2.24, 2.45) is 0 Å². The van der Waals surface area contributed by atoms with Gasteiger partial charge in [0.15, 0.2) is 12.4 Å². The van der Waals surface area contributed by atoms with Gasteiger partial charge in [0.25, 0.3) is 11.6 Å². The van der Waals surface area contributed by atoms with Crippen molar-refractivity contribution < 1.29 is 19.2 Å². The largest absolute Gasteiger partial charge is 0.471 e. The average Bonchev–Trinajstić information content (AvgIpc) is 3.26. The van der Waals surface area contributed by atoms with E-state index in [0.717, 1.165) is 11.1 Å². The summed E-state index contributed by atoms with van der Waals surface area (Å²) in [6, 6.07) is 18.1. The number of nitro benzene ring substituents is 1. The Labute approximate surface area is 206 Å². The minimum absolute atomic E-state index is 0.0678. The molecule has 0 unspecified atom stereocenters. The number of ether oxygens (including phenoxy) is 2. The molecule has 0 bridgehead atoms. The van der Waals surface area contributed by atoms with Crippen molar-refractivity contribution in [1.82, 2.24) is 9.78 Å². The highest BCUT2D eigenvalue weighted by atomic mass is 35.5. The SMILES string of the molecule is Cc1cc(C)cc(Oc2cc(NC(=O)c3ccn(COc4cccc(Cl)c4)n3)cc([N+](=O)[O-])c2)c1. The van der Waals surface area contributed by atoms with Gasteiger partial charge in [0.1, 0.15) is 17.2 Å². The number of aromatic nitrogens is 2. The van der Waals surface area contributed by atoms with Crippen molar-refractivity contribution >= 4 is 28.9 Å². The molecule has 1 aromatic heterocycles. The zero-order valence-corrected chi connectivity index (χ0v) is 19.7. The minimum atomic E-state index is -0.550. The zero-order chi connectivity index (χ0) is 24.9. The van der Waals surface area contributed by atoms with Gasteiger partial charge < -0.3 is 14.8 Å². The fourth-order valence-corrected chi connectivity index (χ4v) is 3.58. The molecule has 4 rings (SSSR count). The number of nitro groups is 1. The molecule has 1 N–H and O–H groups in total. The summed E-state index contributed by atoms with van der Waals surface area (Å²) in [6.45, 7) is 3.93.